The predicted octanol–water partition coefficient (Wildman–Crippen LogP) is 5.59. The van der Waals surface area contributed by atoms with Gasteiger partial charge in [0.05, 0.1) is 66.7 Å². The number of fused-ring (bicyclic) bond motifs is 7. The number of likely N-dealkylation sites (N-methyl/N-ethyl adjacent to an activating group) is 2. The smallest absolute Gasteiger partial charge is 0.320 e. The normalized spacial score (nSPS) is 25.1. The van der Waals surface area contributed by atoms with Crippen LogP contribution in [0, 0.1) is 11.3 Å². The SMILES string of the molecule is C=C/C(=C(\N=C/C)[C@H](C)OC)c1c2c3cc(ccc3n1CC)-c1csc(n1)C[C@H](NC(=O)[C@H](C(C)C)N(C)C(=O)N1C[C@H]3OCCN(C)[C@H]3C1)C(=O)N1CCC[C@](C=O)(COCC(C)(C)C2)N1. The molecule has 0 unspecified atom stereocenters. The lowest BCUT2D eigenvalue weighted by molar-refractivity contribution is -0.147. The van der Waals surface area contributed by atoms with E-state index in [9.17, 15) is 19.2 Å². The molecule has 364 valence electrons. The van der Waals surface area contributed by atoms with Crippen LogP contribution in [0.15, 0.2) is 46.9 Å². The molecule has 6 heterocycles. The Balaban J connectivity index is 1.28. The third-order valence-corrected chi connectivity index (χ3v) is 14.8. The van der Waals surface area contributed by atoms with Gasteiger partial charge in [0.25, 0.3) is 5.91 Å². The number of allylic oxidation sites excluding steroid dienone is 2. The highest BCUT2D eigenvalue weighted by molar-refractivity contribution is 7.10. The highest BCUT2D eigenvalue weighted by Crippen LogP contribution is 2.40. The molecule has 17 heteroatoms. The molecule has 4 aliphatic heterocycles. The average Bonchev–Trinajstić information content (AvgIpc) is 4.04. The number of carbonyl (C=O) groups excluding carboxylic acids is 4. The van der Waals surface area contributed by atoms with Crippen LogP contribution in [0.5, 0.6) is 0 Å². The number of carbonyl (C=O) groups is 4. The molecule has 67 heavy (non-hydrogen) atoms. The summed E-state index contributed by atoms with van der Waals surface area (Å²) in [5.41, 5.74) is 8.12. The Morgan fingerprint density at radius 3 is 2.64 bits per heavy atom. The van der Waals surface area contributed by atoms with E-state index in [2.05, 4.69) is 65.8 Å². The number of methoxy groups -OCH3 is 1. The summed E-state index contributed by atoms with van der Waals surface area (Å²) in [6, 6.07) is 4.26. The van der Waals surface area contributed by atoms with Crippen molar-refractivity contribution in [1.82, 2.24) is 40.0 Å². The molecule has 6 atom stereocenters. The largest absolute Gasteiger partial charge is 0.378 e. The number of thiazole rings is 1. The molecule has 1 aromatic carbocycles. The van der Waals surface area contributed by atoms with Gasteiger partial charge in [-0.25, -0.2) is 15.2 Å². The average molecular weight is 942 g/mol. The molecule has 2 N–H and O–H groups in total. The van der Waals surface area contributed by atoms with Crippen LogP contribution in [0.3, 0.4) is 0 Å². The summed E-state index contributed by atoms with van der Waals surface area (Å²) in [4.78, 5) is 72.0. The highest BCUT2D eigenvalue weighted by atomic mass is 32.1. The van der Waals surface area contributed by atoms with Crippen LogP contribution < -0.4 is 10.7 Å². The number of likely N-dealkylation sites (tertiary alicyclic amines) is 1. The minimum atomic E-state index is -1.18. The van der Waals surface area contributed by atoms with Gasteiger partial charge in [-0.15, -0.1) is 11.3 Å². The fraction of sp³-hybridized carbons (Fsp3) is 0.600. The summed E-state index contributed by atoms with van der Waals surface area (Å²) < 4.78 is 20.7. The number of nitrogens with one attached hydrogen (secondary N) is 2. The molecular weight excluding hydrogens is 871 g/mol. The van der Waals surface area contributed by atoms with Crippen molar-refractivity contribution < 1.29 is 33.4 Å². The van der Waals surface area contributed by atoms with Crippen molar-refractivity contribution in [3.8, 4) is 11.3 Å². The summed E-state index contributed by atoms with van der Waals surface area (Å²) in [6.45, 7) is 22.1. The lowest BCUT2D eigenvalue weighted by Crippen LogP contribution is -2.66. The standard InChI is InChI=1S/C50H71N9O7S/c1-12-34(43(51-13-2)32(6)64-11)45-36-24-49(7,8)29-65-30-50(28-60)18-15-19-59(54-50)47(62)37(23-42-52-38(27-67-42)33-16-17-39(35(36)22-33)58(45)14-3)53-46(61)44(31(4)5)56(10)48(63)57-25-40-41(26-57)66-21-20-55(40)9/h12-13,16-17,22,27-28,31-32,37,40-41,44,54H,1,14-15,18-21,23-26,29-30H2,2-11H3,(H,53,61)/b43-34+,51-13-/t32-,37-,40-,41+,44-,50-/m0/s1. The van der Waals surface area contributed by atoms with Gasteiger partial charge in [-0.05, 0) is 76.1 Å². The first-order chi connectivity index (χ1) is 32.0. The molecule has 7 rings (SSSR count). The number of hydrogen-bond donors (Lipinski definition) is 2. The van der Waals surface area contributed by atoms with E-state index >= 15 is 0 Å². The third-order valence-electron chi connectivity index (χ3n) is 13.9. The second-order valence-electron chi connectivity index (χ2n) is 19.7. The molecule has 4 amide bonds. The number of aldehydes is 1. The van der Waals surface area contributed by atoms with E-state index in [4.69, 9.17) is 24.2 Å². The molecule has 0 saturated carbocycles. The van der Waals surface area contributed by atoms with E-state index in [0.29, 0.717) is 63.7 Å². The second-order valence-corrected chi connectivity index (χ2v) is 20.7. The van der Waals surface area contributed by atoms with Crippen molar-refractivity contribution in [3.05, 3.63) is 58.2 Å². The van der Waals surface area contributed by atoms with Crippen LogP contribution in [-0.4, -0.2) is 163 Å². The zero-order chi connectivity index (χ0) is 48.4. The third kappa shape index (κ3) is 10.3. The second kappa shape index (κ2) is 20.8. The number of aliphatic imine (C=N–C) groups is 1. The molecule has 0 aliphatic carbocycles. The Bertz CT molecular complexity index is 2390. The van der Waals surface area contributed by atoms with Crippen molar-refractivity contribution >= 4 is 58.2 Å². The number of hydrazine groups is 1. The quantitative estimate of drug-likeness (QED) is 0.141. The maximum Gasteiger partial charge on any atom is 0.320 e. The zero-order valence-corrected chi connectivity index (χ0v) is 41.9. The summed E-state index contributed by atoms with van der Waals surface area (Å²) in [5, 5.41) is 8.22. The Morgan fingerprint density at radius 1 is 1.19 bits per heavy atom. The molecule has 2 aromatic heterocycles. The molecule has 16 nitrogen and oxygen atoms in total. The van der Waals surface area contributed by atoms with Crippen LogP contribution in [-0.2, 0) is 48.0 Å². The lowest BCUT2D eigenvalue weighted by atomic mass is 9.84. The van der Waals surface area contributed by atoms with Gasteiger partial charge in [-0.2, -0.15) is 0 Å². The van der Waals surface area contributed by atoms with E-state index in [1.54, 1.807) is 25.3 Å². The van der Waals surface area contributed by atoms with Crippen LogP contribution in [0.2, 0.25) is 0 Å². The lowest BCUT2D eigenvalue weighted by Gasteiger charge is -2.42. The number of rotatable bonds is 11. The van der Waals surface area contributed by atoms with Gasteiger partial charge in [0.1, 0.15) is 23.9 Å². The van der Waals surface area contributed by atoms with E-state index in [-0.39, 0.29) is 43.2 Å². The van der Waals surface area contributed by atoms with Crippen molar-refractivity contribution in [2.24, 2.45) is 16.3 Å². The minimum Gasteiger partial charge on any atom is -0.378 e. The Labute approximate surface area is 399 Å². The fourth-order valence-corrected chi connectivity index (χ4v) is 11.2. The maximum atomic E-state index is 14.8. The van der Waals surface area contributed by atoms with Crippen LogP contribution in [0.25, 0.3) is 27.7 Å². The number of nitrogens with zero attached hydrogens (tertiary/aromatic N) is 7. The molecule has 0 radical (unpaired) electrons. The predicted molar refractivity (Wildman–Crippen MR) is 263 cm³/mol. The van der Waals surface area contributed by atoms with Crippen LogP contribution in [0.4, 0.5) is 4.79 Å². The van der Waals surface area contributed by atoms with E-state index < -0.39 is 34.9 Å². The van der Waals surface area contributed by atoms with E-state index in [1.807, 2.05) is 46.2 Å². The Morgan fingerprint density at radius 2 is 1.97 bits per heavy atom. The van der Waals surface area contributed by atoms with Gasteiger partial charge in [0.2, 0.25) is 5.91 Å². The van der Waals surface area contributed by atoms with Gasteiger partial charge >= 0.3 is 6.03 Å². The number of ether oxygens (including phenoxy) is 3. The number of benzene rings is 1. The van der Waals surface area contributed by atoms with Gasteiger partial charge < -0.3 is 38.7 Å². The number of amides is 4. The minimum absolute atomic E-state index is 0.0319. The fourth-order valence-electron chi connectivity index (χ4n) is 10.4. The monoisotopic (exact) mass is 942 g/mol. The van der Waals surface area contributed by atoms with Gasteiger partial charge in [0, 0.05) is 80.4 Å². The van der Waals surface area contributed by atoms with E-state index in [0.717, 1.165) is 57.5 Å². The summed E-state index contributed by atoms with van der Waals surface area (Å²) in [5.74, 6) is -1.14. The number of aryl methyl sites for hydroxylation is 1. The van der Waals surface area contributed by atoms with Crippen molar-refractivity contribution in [1.29, 1.82) is 0 Å². The highest BCUT2D eigenvalue weighted by Gasteiger charge is 2.45. The summed E-state index contributed by atoms with van der Waals surface area (Å²) in [7, 11) is 5.37. The van der Waals surface area contributed by atoms with Crippen LogP contribution >= 0.6 is 11.3 Å². The number of morpholine rings is 1. The summed E-state index contributed by atoms with van der Waals surface area (Å²) >= 11 is 1.42. The van der Waals surface area contributed by atoms with Gasteiger partial charge in [0.15, 0.2) is 0 Å². The van der Waals surface area contributed by atoms with Crippen molar-refractivity contribution in [2.45, 2.75) is 117 Å². The zero-order valence-electron chi connectivity index (χ0n) is 41.1. The molecule has 3 aromatic rings. The van der Waals surface area contributed by atoms with E-state index in [1.165, 1.54) is 21.2 Å². The first kappa shape index (κ1) is 50.1. The van der Waals surface area contributed by atoms with Crippen LogP contribution in [0.1, 0.15) is 77.6 Å². The summed E-state index contributed by atoms with van der Waals surface area (Å²) in [6.07, 6.45) is 5.79. The molecular formula is C50H71N9O7S. The number of hydrogen-bond acceptors (Lipinski definition) is 12. The topological polar surface area (TPSA) is 163 Å². The molecule has 6 bridgehead atoms. The number of aromatic nitrogens is 2. The van der Waals surface area contributed by atoms with Crippen molar-refractivity contribution in [3.63, 3.8) is 0 Å². The Hall–Kier alpha value is -4.78. The first-order valence-electron chi connectivity index (χ1n) is 23.7. The molecule has 3 saturated heterocycles. The molecule has 3 fully saturated rings. The molecule has 4 aliphatic rings. The van der Waals surface area contributed by atoms with Gasteiger partial charge in [-0.3, -0.25) is 24.5 Å². The van der Waals surface area contributed by atoms with Gasteiger partial charge in [-0.1, -0.05) is 46.4 Å². The first-order valence-corrected chi connectivity index (χ1v) is 24.6. The Kier molecular flexibility index (Phi) is 15.6. The number of urea groups is 1. The van der Waals surface area contributed by atoms with Crippen molar-refractivity contribution in [2.75, 3.05) is 67.2 Å². The molecule has 0 spiro atoms. The maximum absolute atomic E-state index is 14.8.